The Morgan fingerprint density at radius 1 is 1.11 bits per heavy atom. The Morgan fingerprint density at radius 3 is 2.49 bits per heavy atom. The number of hydrogen-bond donors (Lipinski definition) is 0. The molecule has 2 aromatic carbocycles. The molecule has 1 aromatic heterocycles. The Labute approximate surface area is 199 Å². The van der Waals surface area contributed by atoms with Gasteiger partial charge in [-0.2, -0.15) is 18.3 Å². The monoisotopic (exact) mass is 487 g/mol. The summed E-state index contributed by atoms with van der Waals surface area (Å²) in [5.74, 6) is 0.538. The topological polar surface area (TPSA) is 73.7 Å². The summed E-state index contributed by atoms with van der Waals surface area (Å²) in [5.41, 5.74) is -0.676. The number of carbonyl (C=O) groups is 1. The number of methoxy groups -OCH3 is 2. The van der Waals surface area contributed by atoms with Crippen molar-refractivity contribution in [2.24, 2.45) is 0 Å². The van der Waals surface area contributed by atoms with Crippen molar-refractivity contribution < 1.29 is 27.4 Å². The van der Waals surface area contributed by atoms with Crippen LogP contribution in [-0.2, 0) is 12.7 Å². The van der Waals surface area contributed by atoms with E-state index in [4.69, 9.17) is 9.47 Å². The van der Waals surface area contributed by atoms with E-state index in [0.29, 0.717) is 17.2 Å². The largest absolute Gasteiger partial charge is 0.497 e. The van der Waals surface area contributed by atoms with Crippen LogP contribution in [0.2, 0.25) is 0 Å². The lowest BCUT2D eigenvalue weighted by atomic mass is 10.1. The zero-order valence-corrected chi connectivity index (χ0v) is 19.4. The van der Waals surface area contributed by atoms with E-state index in [1.807, 2.05) is 0 Å². The van der Waals surface area contributed by atoms with E-state index in [1.165, 1.54) is 37.1 Å². The van der Waals surface area contributed by atoms with Crippen LogP contribution in [0.15, 0.2) is 53.3 Å². The molecular formula is C25H24F3N3O4. The SMILES string of the molecule is COc1ccc(CN(C(=O)c2nn(-c3cccc(C(F)(F)F)c3)c(C)cc2=O)C2CC2)c(OC)c1. The van der Waals surface area contributed by atoms with Crippen LogP contribution in [0.3, 0.4) is 0 Å². The van der Waals surface area contributed by atoms with E-state index < -0.39 is 23.1 Å². The van der Waals surface area contributed by atoms with Crippen LogP contribution < -0.4 is 14.9 Å². The number of carbonyl (C=O) groups excluding carboxylic acids is 1. The molecule has 7 nitrogen and oxygen atoms in total. The Balaban J connectivity index is 1.71. The molecule has 0 unspecified atom stereocenters. The summed E-state index contributed by atoms with van der Waals surface area (Å²) in [4.78, 5) is 27.8. The molecule has 1 aliphatic carbocycles. The highest BCUT2D eigenvalue weighted by molar-refractivity contribution is 5.92. The molecule has 1 aliphatic rings. The van der Waals surface area contributed by atoms with Gasteiger partial charge in [0.2, 0.25) is 5.43 Å². The van der Waals surface area contributed by atoms with Gasteiger partial charge in [0, 0.05) is 36.0 Å². The second-order valence-corrected chi connectivity index (χ2v) is 8.30. The molecule has 184 valence electrons. The maximum atomic E-state index is 13.5. The van der Waals surface area contributed by atoms with E-state index in [2.05, 4.69) is 5.10 Å². The highest BCUT2D eigenvalue weighted by Gasteiger charge is 2.36. The van der Waals surface area contributed by atoms with Gasteiger partial charge in [-0.15, -0.1) is 0 Å². The number of halogens is 3. The summed E-state index contributed by atoms with van der Waals surface area (Å²) in [6, 6.07) is 10.9. The summed E-state index contributed by atoms with van der Waals surface area (Å²) in [7, 11) is 3.05. The van der Waals surface area contributed by atoms with Crippen molar-refractivity contribution in [3.8, 4) is 17.2 Å². The second kappa shape index (κ2) is 9.44. The molecule has 1 fully saturated rings. The van der Waals surface area contributed by atoms with Gasteiger partial charge >= 0.3 is 6.18 Å². The van der Waals surface area contributed by atoms with Crippen molar-refractivity contribution in [1.82, 2.24) is 14.7 Å². The van der Waals surface area contributed by atoms with Crippen molar-refractivity contribution in [2.75, 3.05) is 14.2 Å². The number of benzene rings is 2. The van der Waals surface area contributed by atoms with Crippen LogP contribution in [0.1, 0.15) is 40.2 Å². The molecule has 0 bridgehead atoms. The number of alkyl halides is 3. The first kappa shape index (κ1) is 24.3. The van der Waals surface area contributed by atoms with Crippen LogP contribution in [0, 0.1) is 6.92 Å². The zero-order valence-electron chi connectivity index (χ0n) is 19.4. The maximum Gasteiger partial charge on any atom is 0.416 e. The quantitative estimate of drug-likeness (QED) is 0.495. The molecule has 0 N–H and O–H groups in total. The van der Waals surface area contributed by atoms with Crippen molar-refractivity contribution in [1.29, 1.82) is 0 Å². The third kappa shape index (κ3) is 5.16. The van der Waals surface area contributed by atoms with Gasteiger partial charge in [0.25, 0.3) is 5.91 Å². The van der Waals surface area contributed by atoms with Gasteiger partial charge in [-0.1, -0.05) is 6.07 Å². The molecular weight excluding hydrogens is 463 g/mol. The van der Waals surface area contributed by atoms with Gasteiger partial charge in [0.15, 0.2) is 5.69 Å². The fraction of sp³-hybridized carbons (Fsp3) is 0.320. The third-order valence-electron chi connectivity index (χ3n) is 5.81. The molecule has 3 aromatic rings. The van der Waals surface area contributed by atoms with Crippen molar-refractivity contribution in [3.63, 3.8) is 0 Å². The standard InChI is InChI=1S/C25H24F3N3O4/c1-15-11-21(32)23(29-31(15)19-6-4-5-17(12-19)25(26,27)28)24(33)30(18-8-9-18)14-16-7-10-20(34-2)13-22(16)35-3/h4-7,10-13,18H,8-9,14H2,1-3H3. The van der Waals surface area contributed by atoms with E-state index in [1.54, 1.807) is 30.0 Å². The molecule has 35 heavy (non-hydrogen) atoms. The Kier molecular flexibility index (Phi) is 6.56. The average molecular weight is 487 g/mol. The van der Waals surface area contributed by atoms with E-state index in [0.717, 1.165) is 30.5 Å². The number of nitrogens with zero attached hydrogens (tertiary/aromatic N) is 3. The summed E-state index contributed by atoms with van der Waals surface area (Å²) in [6.07, 6.45) is -2.99. The predicted molar refractivity (Wildman–Crippen MR) is 122 cm³/mol. The van der Waals surface area contributed by atoms with Crippen LogP contribution in [-0.4, -0.2) is 40.8 Å². The number of ether oxygens (including phenoxy) is 2. The molecule has 0 radical (unpaired) electrons. The molecule has 1 amide bonds. The number of aryl methyl sites for hydroxylation is 1. The van der Waals surface area contributed by atoms with Gasteiger partial charge in [0.1, 0.15) is 11.5 Å². The minimum Gasteiger partial charge on any atom is -0.497 e. The summed E-state index contributed by atoms with van der Waals surface area (Å²) >= 11 is 0. The number of hydrogen-bond acceptors (Lipinski definition) is 5. The van der Waals surface area contributed by atoms with Crippen molar-refractivity contribution >= 4 is 5.91 Å². The number of aromatic nitrogens is 2. The number of amides is 1. The van der Waals surface area contributed by atoms with Crippen molar-refractivity contribution in [3.05, 3.63) is 81.3 Å². The minimum atomic E-state index is -4.54. The molecule has 0 aliphatic heterocycles. The summed E-state index contributed by atoms with van der Waals surface area (Å²) < 4.78 is 51.5. The smallest absolute Gasteiger partial charge is 0.416 e. The van der Waals surface area contributed by atoms with Gasteiger partial charge in [0.05, 0.1) is 25.5 Å². The maximum absolute atomic E-state index is 13.5. The number of rotatable bonds is 7. The zero-order chi connectivity index (χ0) is 25.3. The van der Waals surface area contributed by atoms with Crippen LogP contribution in [0.25, 0.3) is 5.69 Å². The van der Waals surface area contributed by atoms with Crippen LogP contribution in [0.5, 0.6) is 11.5 Å². The molecule has 4 rings (SSSR count). The van der Waals surface area contributed by atoms with Crippen LogP contribution in [0.4, 0.5) is 13.2 Å². The molecule has 0 atom stereocenters. The highest BCUT2D eigenvalue weighted by Crippen LogP contribution is 2.33. The lowest BCUT2D eigenvalue weighted by molar-refractivity contribution is -0.137. The lowest BCUT2D eigenvalue weighted by Gasteiger charge is -2.23. The molecule has 0 saturated heterocycles. The van der Waals surface area contributed by atoms with Gasteiger partial charge < -0.3 is 14.4 Å². The first-order valence-corrected chi connectivity index (χ1v) is 10.9. The lowest BCUT2D eigenvalue weighted by Crippen LogP contribution is -2.37. The molecule has 10 heteroatoms. The molecule has 0 spiro atoms. The van der Waals surface area contributed by atoms with Gasteiger partial charge in [-0.25, -0.2) is 4.68 Å². The Morgan fingerprint density at radius 2 is 1.86 bits per heavy atom. The Bertz CT molecular complexity index is 1320. The van der Waals surface area contributed by atoms with Crippen molar-refractivity contribution in [2.45, 2.75) is 38.5 Å². The third-order valence-corrected chi connectivity index (χ3v) is 5.81. The average Bonchev–Trinajstić information content (AvgIpc) is 3.67. The fourth-order valence-corrected chi connectivity index (χ4v) is 3.83. The summed E-state index contributed by atoms with van der Waals surface area (Å²) in [5, 5.41) is 4.20. The highest BCUT2D eigenvalue weighted by atomic mass is 19.4. The Hall–Kier alpha value is -3.82. The predicted octanol–water partition coefficient (Wildman–Crippen LogP) is 4.38. The normalized spacial score (nSPS) is 13.4. The first-order chi connectivity index (χ1) is 16.6. The summed E-state index contributed by atoms with van der Waals surface area (Å²) in [6.45, 7) is 1.72. The van der Waals surface area contributed by atoms with E-state index >= 15 is 0 Å². The second-order valence-electron chi connectivity index (χ2n) is 8.30. The van der Waals surface area contributed by atoms with Crippen LogP contribution >= 0.6 is 0 Å². The minimum absolute atomic E-state index is 0.0705. The fourth-order valence-electron chi connectivity index (χ4n) is 3.83. The first-order valence-electron chi connectivity index (χ1n) is 10.9. The van der Waals surface area contributed by atoms with Gasteiger partial charge in [-0.05, 0) is 50.1 Å². The van der Waals surface area contributed by atoms with Gasteiger partial charge in [-0.3, -0.25) is 9.59 Å². The molecule has 1 heterocycles. The molecule has 1 saturated carbocycles. The van der Waals surface area contributed by atoms with E-state index in [9.17, 15) is 22.8 Å². The van der Waals surface area contributed by atoms with E-state index in [-0.39, 0.29) is 24.0 Å².